The number of ether oxygens (including phenoxy) is 1. The monoisotopic (exact) mass is 313 g/mol. The maximum absolute atomic E-state index is 13.9. The van der Waals surface area contributed by atoms with Crippen LogP contribution < -0.4 is 4.90 Å². The number of nitrogens with zero attached hydrogens (tertiary/aromatic N) is 5. The van der Waals surface area contributed by atoms with E-state index in [1.807, 2.05) is 6.07 Å². The lowest BCUT2D eigenvalue weighted by Crippen LogP contribution is -2.36. The van der Waals surface area contributed by atoms with Crippen LogP contribution in [-0.2, 0) is 11.3 Å². The molecule has 0 spiro atoms. The predicted octanol–water partition coefficient (Wildman–Crippen LogP) is 1.85. The molecule has 0 saturated carbocycles. The number of hydrogen-bond donors (Lipinski definition) is 0. The van der Waals surface area contributed by atoms with Crippen LogP contribution >= 0.6 is 0 Å². The van der Waals surface area contributed by atoms with Gasteiger partial charge in [0.25, 0.3) is 0 Å². The van der Waals surface area contributed by atoms with Crippen molar-refractivity contribution < 1.29 is 9.13 Å². The molecular formula is C16H16FN5O. The van der Waals surface area contributed by atoms with Crippen LogP contribution in [0.2, 0.25) is 0 Å². The van der Waals surface area contributed by atoms with Gasteiger partial charge in [0.1, 0.15) is 18.0 Å². The highest BCUT2D eigenvalue weighted by atomic mass is 19.1. The van der Waals surface area contributed by atoms with Gasteiger partial charge in [-0.25, -0.2) is 19.0 Å². The molecule has 4 rings (SSSR count). The van der Waals surface area contributed by atoms with Crippen molar-refractivity contribution >= 4 is 16.9 Å². The molecular weight excluding hydrogens is 297 g/mol. The molecule has 1 saturated heterocycles. The van der Waals surface area contributed by atoms with Crippen LogP contribution in [0, 0.1) is 5.82 Å². The summed E-state index contributed by atoms with van der Waals surface area (Å²) in [5.41, 5.74) is 1.30. The maximum atomic E-state index is 13.9. The molecule has 7 heteroatoms. The van der Waals surface area contributed by atoms with Gasteiger partial charge in [0.2, 0.25) is 0 Å². The molecule has 0 bridgehead atoms. The van der Waals surface area contributed by atoms with Gasteiger partial charge in [-0.05, 0) is 6.07 Å². The van der Waals surface area contributed by atoms with Crippen LogP contribution in [0.25, 0.3) is 11.0 Å². The van der Waals surface area contributed by atoms with E-state index in [0.29, 0.717) is 31.0 Å². The number of hydrogen-bond acceptors (Lipinski definition) is 5. The van der Waals surface area contributed by atoms with Gasteiger partial charge in [0.05, 0.1) is 31.3 Å². The average molecular weight is 313 g/mol. The molecule has 0 N–H and O–H groups in total. The van der Waals surface area contributed by atoms with Gasteiger partial charge in [0.15, 0.2) is 5.65 Å². The molecule has 0 aliphatic carbocycles. The molecule has 2 aromatic heterocycles. The Hall–Kier alpha value is -2.54. The number of halogens is 1. The second-order valence-corrected chi connectivity index (χ2v) is 5.43. The number of benzene rings is 1. The first-order chi connectivity index (χ1) is 11.3. The molecule has 1 fully saturated rings. The average Bonchev–Trinajstić information content (AvgIpc) is 3.01. The van der Waals surface area contributed by atoms with Gasteiger partial charge < -0.3 is 9.64 Å². The Balaban J connectivity index is 1.71. The molecule has 0 radical (unpaired) electrons. The Labute approximate surface area is 132 Å². The Morgan fingerprint density at radius 2 is 1.96 bits per heavy atom. The second-order valence-electron chi connectivity index (χ2n) is 5.43. The predicted molar refractivity (Wildman–Crippen MR) is 83.9 cm³/mol. The lowest BCUT2D eigenvalue weighted by Gasteiger charge is -2.27. The standard InChI is InChI=1S/C16H16FN5O/c17-14-4-2-1-3-12(14)10-22-16-13(9-20-22)15(18-11-19-16)21-5-7-23-8-6-21/h1-4,9,11H,5-8,10H2. The van der Waals surface area contributed by atoms with Gasteiger partial charge in [0, 0.05) is 18.7 Å². The minimum absolute atomic E-state index is 0.237. The highest BCUT2D eigenvalue weighted by molar-refractivity contribution is 5.86. The van der Waals surface area contributed by atoms with E-state index in [4.69, 9.17) is 4.74 Å². The highest BCUT2D eigenvalue weighted by Gasteiger charge is 2.18. The summed E-state index contributed by atoms with van der Waals surface area (Å²) in [6, 6.07) is 6.71. The SMILES string of the molecule is Fc1ccccc1Cn1ncc2c(N3CCOCC3)ncnc21. The second kappa shape index (κ2) is 5.92. The van der Waals surface area contributed by atoms with Crippen molar-refractivity contribution in [2.24, 2.45) is 0 Å². The lowest BCUT2D eigenvalue weighted by molar-refractivity contribution is 0.122. The summed E-state index contributed by atoms with van der Waals surface area (Å²) in [6.45, 7) is 3.31. The first-order valence-electron chi connectivity index (χ1n) is 7.55. The molecule has 0 amide bonds. The van der Waals surface area contributed by atoms with Gasteiger partial charge in [-0.15, -0.1) is 0 Å². The van der Waals surface area contributed by atoms with Crippen molar-refractivity contribution in [1.29, 1.82) is 0 Å². The minimum Gasteiger partial charge on any atom is -0.378 e. The first-order valence-corrected chi connectivity index (χ1v) is 7.55. The Kier molecular flexibility index (Phi) is 3.63. The van der Waals surface area contributed by atoms with Crippen molar-refractivity contribution in [3.05, 3.63) is 48.2 Å². The van der Waals surface area contributed by atoms with E-state index in [2.05, 4.69) is 20.0 Å². The van der Waals surface area contributed by atoms with Crippen molar-refractivity contribution in [3.8, 4) is 0 Å². The van der Waals surface area contributed by atoms with Gasteiger partial charge in [-0.3, -0.25) is 0 Å². The highest BCUT2D eigenvalue weighted by Crippen LogP contribution is 2.24. The topological polar surface area (TPSA) is 56.1 Å². The van der Waals surface area contributed by atoms with Crippen LogP contribution in [0.5, 0.6) is 0 Å². The van der Waals surface area contributed by atoms with E-state index >= 15 is 0 Å². The van der Waals surface area contributed by atoms with Crippen LogP contribution in [0.1, 0.15) is 5.56 Å². The van der Waals surface area contributed by atoms with Crippen LogP contribution in [0.3, 0.4) is 0 Å². The maximum Gasteiger partial charge on any atom is 0.163 e. The molecule has 3 heterocycles. The van der Waals surface area contributed by atoms with Gasteiger partial charge in [-0.2, -0.15) is 5.10 Å². The van der Waals surface area contributed by atoms with E-state index in [-0.39, 0.29) is 5.82 Å². The van der Waals surface area contributed by atoms with Gasteiger partial charge >= 0.3 is 0 Å². The normalized spacial score (nSPS) is 15.3. The first kappa shape index (κ1) is 14.1. The van der Waals surface area contributed by atoms with Gasteiger partial charge in [-0.1, -0.05) is 18.2 Å². The molecule has 0 atom stereocenters. The Morgan fingerprint density at radius 1 is 1.13 bits per heavy atom. The summed E-state index contributed by atoms with van der Waals surface area (Å²) in [7, 11) is 0. The van der Waals surface area contributed by atoms with Crippen LogP contribution in [0.15, 0.2) is 36.8 Å². The molecule has 118 valence electrons. The minimum atomic E-state index is -0.237. The number of rotatable bonds is 3. The fraction of sp³-hybridized carbons (Fsp3) is 0.312. The zero-order valence-electron chi connectivity index (χ0n) is 12.5. The molecule has 1 aliphatic rings. The van der Waals surface area contributed by atoms with E-state index in [9.17, 15) is 4.39 Å². The molecule has 23 heavy (non-hydrogen) atoms. The van der Waals surface area contributed by atoms with Crippen molar-refractivity contribution in [3.63, 3.8) is 0 Å². The quantitative estimate of drug-likeness (QED) is 0.738. The summed E-state index contributed by atoms with van der Waals surface area (Å²) in [4.78, 5) is 10.9. The van der Waals surface area contributed by atoms with E-state index in [0.717, 1.165) is 24.3 Å². The third kappa shape index (κ3) is 2.63. The number of fused-ring (bicyclic) bond motifs is 1. The van der Waals surface area contributed by atoms with Crippen molar-refractivity contribution in [1.82, 2.24) is 19.7 Å². The largest absolute Gasteiger partial charge is 0.378 e. The molecule has 1 aromatic carbocycles. The molecule has 1 aliphatic heterocycles. The van der Waals surface area contributed by atoms with E-state index < -0.39 is 0 Å². The Bertz CT molecular complexity index is 828. The molecule has 6 nitrogen and oxygen atoms in total. The van der Waals surface area contributed by atoms with Crippen LogP contribution in [0.4, 0.5) is 10.2 Å². The smallest absolute Gasteiger partial charge is 0.163 e. The summed E-state index contributed by atoms with van der Waals surface area (Å²) >= 11 is 0. The summed E-state index contributed by atoms with van der Waals surface area (Å²) in [5, 5.41) is 5.26. The third-order valence-electron chi connectivity index (χ3n) is 4.00. The zero-order chi connectivity index (χ0) is 15.6. The van der Waals surface area contributed by atoms with Crippen molar-refractivity contribution in [2.45, 2.75) is 6.54 Å². The summed E-state index contributed by atoms with van der Waals surface area (Å²) < 4.78 is 20.9. The zero-order valence-corrected chi connectivity index (χ0v) is 12.5. The molecule has 3 aromatic rings. The molecule has 0 unspecified atom stereocenters. The third-order valence-corrected chi connectivity index (χ3v) is 4.00. The summed E-state index contributed by atoms with van der Waals surface area (Å²) in [6.07, 6.45) is 3.29. The fourth-order valence-corrected chi connectivity index (χ4v) is 2.81. The van der Waals surface area contributed by atoms with Crippen molar-refractivity contribution in [2.75, 3.05) is 31.2 Å². The number of morpholine rings is 1. The summed E-state index contributed by atoms with van der Waals surface area (Å²) in [5.74, 6) is 0.622. The van der Waals surface area contributed by atoms with Crippen LogP contribution in [-0.4, -0.2) is 46.1 Å². The van der Waals surface area contributed by atoms with E-state index in [1.165, 1.54) is 12.4 Å². The lowest BCUT2D eigenvalue weighted by atomic mass is 10.2. The fourth-order valence-electron chi connectivity index (χ4n) is 2.81. The number of aromatic nitrogens is 4. The number of anilines is 1. The van der Waals surface area contributed by atoms with E-state index in [1.54, 1.807) is 23.0 Å². The Morgan fingerprint density at radius 3 is 2.78 bits per heavy atom.